The summed E-state index contributed by atoms with van der Waals surface area (Å²) in [5.74, 6) is -0.0258. The van der Waals surface area contributed by atoms with Crippen LogP contribution in [0.2, 0.25) is 0 Å². The van der Waals surface area contributed by atoms with Crippen molar-refractivity contribution in [3.63, 3.8) is 0 Å². The summed E-state index contributed by atoms with van der Waals surface area (Å²) in [7, 11) is 0. The van der Waals surface area contributed by atoms with Crippen LogP contribution in [0.15, 0.2) is 42.7 Å². The zero-order valence-corrected chi connectivity index (χ0v) is 12.7. The first kappa shape index (κ1) is 14.7. The molecule has 0 aliphatic carbocycles. The first-order valence-corrected chi connectivity index (χ1v) is 7.35. The molecule has 23 heavy (non-hydrogen) atoms. The Morgan fingerprint density at radius 2 is 2.09 bits per heavy atom. The first-order chi connectivity index (χ1) is 11.2. The van der Waals surface area contributed by atoms with Gasteiger partial charge >= 0.3 is 0 Å². The minimum Gasteiger partial charge on any atom is -0.326 e. The Bertz CT molecular complexity index is 889. The number of anilines is 1. The number of rotatable bonds is 4. The number of fused-ring (bicyclic) bond motifs is 1. The molecule has 3 aromatic rings. The van der Waals surface area contributed by atoms with Crippen LogP contribution in [0.5, 0.6) is 0 Å². The molecular formula is C17H15N5O. The van der Waals surface area contributed by atoms with Crippen molar-refractivity contribution in [3.05, 3.63) is 48.3 Å². The number of hydrogen-bond donors (Lipinski definition) is 1. The summed E-state index contributed by atoms with van der Waals surface area (Å²) in [6.45, 7) is 1.96. The zero-order chi connectivity index (χ0) is 16.2. The summed E-state index contributed by atoms with van der Waals surface area (Å²) < 4.78 is 1.71. The molecule has 0 aliphatic heterocycles. The third kappa shape index (κ3) is 3.04. The molecule has 0 saturated heterocycles. The number of nitrogens with zero attached hydrogens (tertiary/aromatic N) is 4. The van der Waals surface area contributed by atoms with Crippen LogP contribution in [0.3, 0.4) is 0 Å². The maximum Gasteiger partial charge on any atom is 0.224 e. The van der Waals surface area contributed by atoms with Gasteiger partial charge in [-0.3, -0.25) is 4.79 Å². The summed E-state index contributed by atoms with van der Waals surface area (Å²) in [5.41, 5.74) is 3.63. The van der Waals surface area contributed by atoms with E-state index in [-0.39, 0.29) is 5.91 Å². The van der Waals surface area contributed by atoms with Crippen molar-refractivity contribution >= 4 is 17.2 Å². The SMILES string of the molecule is CCCC(=O)Nc1cc(-c2ccc(C#N)cc2)n2ncnc2c1. The van der Waals surface area contributed by atoms with Gasteiger partial charge in [0.15, 0.2) is 5.65 Å². The molecule has 0 unspecified atom stereocenters. The molecule has 6 heteroatoms. The van der Waals surface area contributed by atoms with E-state index in [4.69, 9.17) is 5.26 Å². The van der Waals surface area contributed by atoms with Gasteiger partial charge in [0.25, 0.3) is 0 Å². The Morgan fingerprint density at radius 3 is 2.78 bits per heavy atom. The number of nitriles is 1. The van der Waals surface area contributed by atoms with E-state index in [1.54, 1.807) is 22.7 Å². The van der Waals surface area contributed by atoms with Crippen LogP contribution in [-0.4, -0.2) is 20.5 Å². The van der Waals surface area contributed by atoms with Crippen molar-refractivity contribution in [3.8, 4) is 17.3 Å². The van der Waals surface area contributed by atoms with Crippen LogP contribution >= 0.6 is 0 Å². The van der Waals surface area contributed by atoms with Gasteiger partial charge in [-0.1, -0.05) is 19.1 Å². The van der Waals surface area contributed by atoms with Gasteiger partial charge in [-0.15, -0.1) is 0 Å². The number of carbonyl (C=O) groups is 1. The Kier molecular flexibility index (Phi) is 4.02. The zero-order valence-electron chi connectivity index (χ0n) is 12.7. The second-order valence-corrected chi connectivity index (χ2v) is 5.15. The van der Waals surface area contributed by atoms with Gasteiger partial charge in [0.05, 0.1) is 17.3 Å². The molecule has 6 nitrogen and oxygen atoms in total. The monoisotopic (exact) mass is 305 g/mol. The number of benzene rings is 1. The summed E-state index contributed by atoms with van der Waals surface area (Å²) >= 11 is 0. The molecule has 1 N–H and O–H groups in total. The fourth-order valence-electron chi connectivity index (χ4n) is 2.37. The van der Waals surface area contributed by atoms with E-state index < -0.39 is 0 Å². The van der Waals surface area contributed by atoms with E-state index in [0.717, 1.165) is 17.7 Å². The molecule has 1 aromatic carbocycles. The van der Waals surface area contributed by atoms with Crippen molar-refractivity contribution < 1.29 is 4.79 Å². The molecular weight excluding hydrogens is 290 g/mol. The Morgan fingerprint density at radius 1 is 1.30 bits per heavy atom. The van der Waals surface area contributed by atoms with Crippen LogP contribution < -0.4 is 5.32 Å². The average Bonchev–Trinajstić information content (AvgIpc) is 3.03. The van der Waals surface area contributed by atoms with Gasteiger partial charge in [-0.25, -0.2) is 9.50 Å². The van der Waals surface area contributed by atoms with E-state index in [1.165, 1.54) is 6.33 Å². The lowest BCUT2D eigenvalue weighted by Gasteiger charge is -2.09. The number of pyridine rings is 1. The summed E-state index contributed by atoms with van der Waals surface area (Å²) in [5, 5.41) is 16.0. The highest BCUT2D eigenvalue weighted by Crippen LogP contribution is 2.24. The molecule has 0 fully saturated rings. The molecule has 3 rings (SSSR count). The van der Waals surface area contributed by atoms with Crippen molar-refractivity contribution in [2.24, 2.45) is 0 Å². The van der Waals surface area contributed by atoms with Crippen LogP contribution in [0, 0.1) is 11.3 Å². The van der Waals surface area contributed by atoms with E-state index in [1.807, 2.05) is 25.1 Å². The van der Waals surface area contributed by atoms with Crippen molar-refractivity contribution in [1.82, 2.24) is 14.6 Å². The van der Waals surface area contributed by atoms with Crippen LogP contribution in [-0.2, 0) is 4.79 Å². The predicted molar refractivity (Wildman–Crippen MR) is 86.7 cm³/mol. The van der Waals surface area contributed by atoms with Gasteiger partial charge in [0.1, 0.15) is 6.33 Å². The standard InChI is InChI=1S/C17H15N5O/c1-2-3-17(23)21-14-8-15(22-16(9-14)19-11-20-22)13-6-4-12(10-18)5-7-13/h4-9,11H,2-3H2,1H3,(H,21,23). The number of nitrogens with one attached hydrogen (secondary N) is 1. The fourth-order valence-corrected chi connectivity index (χ4v) is 2.37. The summed E-state index contributed by atoms with van der Waals surface area (Å²) in [4.78, 5) is 16.0. The molecule has 0 saturated carbocycles. The molecule has 2 aromatic heterocycles. The number of aromatic nitrogens is 3. The van der Waals surface area contributed by atoms with Crippen LogP contribution in [0.25, 0.3) is 16.9 Å². The Balaban J connectivity index is 2.05. The maximum atomic E-state index is 11.8. The smallest absolute Gasteiger partial charge is 0.224 e. The number of carbonyl (C=O) groups excluding carboxylic acids is 1. The van der Waals surface area contributed by atoms with E-state index in [9.17, 15) is 4.79 Å². The summed E-state index contributed by atoms with van der Waals surface area (Å²) in [6, 6.07) is 12.9. The third-order valence-electron chi connectivity index (χ3n) is 3.45. The maximum absolute atomic E-state index is 11.8. The quantitative estimate of drug-likeness (QED) is 0.803. The summed E-state index contributed by atoms with van der Waals surface area (Å²) in [6.07, 6.45) is 2.74. The van der Waals surface area contributed by atoms with E-state index in [0.29, 0.717) is 23.3 Å². The molecule has 0 atom stereocenters. The molecule has 0 spiro atoms. The Hall–Kier alpha value is -3.20. The highest BCUT2D eigenvalue weighted by Gasteiger charge is 2.10. The largest absolute Gasteiger partial charge is 0.326 e. The fraction of sp³-hybridized carbons (Fsp3) is 0.176. The van der Waals surface area contributed by atoms with Crippen molar-refractivity contribution in [2.45, 2.75) is 19.8 Å². The highest BCUT2D eigenvalue weighted by molar-refractivity contribution is 5.92. The van der Waals surface area contributed by atoms with Crippen molar-refractivity contribution in [1.29, 1.82) is 5.26 Å². The number of hydrogen-bond acceptors (Lipinski definition) is 4. The lowest BCUT2D eigenvalue weighted by atomic mass is 10.1. The van der Waals surface area contributed by atoms with Crippen molar-refractivity contribution in [2.75, 3.05) is 5.32 Å². The van der Waals surface area contributed by atoms with E-state index >= 15 is 0 Å². The molecule has 0 aliphatic rings. The topological polar surface area (TPSA) is 83.1 Å². The van der Waals surface area contributed by atoms with Gasteiger partial charge in [-0.2, -0.15) is 10.4 Å². The Labute approximate surface area is 133 Å². The molecule has 1 amide bonds. The van der Waals surface area contributed by atoms with Gasteiger partial charge in [-0.05, 0) is 24.6 Å². The van der Waals surface area contributed by atoms with E-state index in [2.05, 4.69) is 21.5 Å². The second kappa shape index (κ2) is 6.28. The highest BCUT2D eigenvalue weighted by atomic mass is 16.1. The second-order valence-electron chi connectivity index (χ2n) is 5.15. The molecule has 2 heterocycles. The van der Waals surface area contributed by atoms with Gasteiger partial charge < -0.3 is 5.32 Å². The minimum atomic E-state index is -0.0258. The number of amides is 1. The third-order valence-corrected chi connectivity index (χ3v) is 3.45. The molecule has 0 bridgehead atoms. The average molecular weight is 305 g/mol. The van der Waals surface area contributed by atoms with Gasteiger partial charge in [0.2, 0.25) is 5.91 Å². The lowest BCUT2D eigenvalue weighted by Crippen LogP contribution is -2.11. The minimum absolute atomic E-state index is 0.0258. The predicted octanol–water partition coefficient (Wildman–Crippen LogP) is 3.01. The van der Waals surface area contributed by atoms with Crippen LogP contribution in [0.4, 0.5) is 5.69 Å². The molecule has 114 valence electrons. The van der Waals surface area contributed by atoms with Gasteiger partial charge in [0, 0.05) is 23.7 Å². The molecule has 0 radical (unpaired) electrons. The first-order valence-electron chi connectivity index (χ1n) is 7.35. The lowest BCUT2D eigenvalue weighted by molar-refractivity contribution is -0.116. The van der Waals surface area contributed by atoms with Crippen LogP contribution in [0.1, 0.15) is 25.3 Å². The normalized spacial score (nSPS) is 10.4.